The number of hydrogen-bond acceptors (Lipinski definition) is 4. The van der Waals surface area contributed by atoms with Crippen molar-refractivity contribution < 1.29 is 4.79 Å². The zero-order valence-electron chi connectivity index (χ0n) is 24.6. The molecule has 1 amide bonds. The molecule has 38 heavy (non-hydrogen) atoms. The second-order valence-electron chi connectivity index (χ2n) is 10.1. The molecule has 1 atom stereocenters. The molecule has 0 aliphatic heterocycles. The van der Waals surface area contributed by atoms with Gasteiger partial charge in [0, 0.05) is 24.1 Å². The molecule has 1 rings (SSSR count). The predicted octanol–water partition coefficient (Wildman–Crippen LogP) is 9.99. The maximum Gasteiger partial charge on any atom is 0.217 e. The Bertz CT molecular complexity index is 893. The van der Waals surface area contributed by atoms with Crippen LogP contribution in [0.4, 0.5) is 0 Å². The number of hydrogen-bond donors (Lipinski definition) is 2. The molecule has 0 spiro atoms. The van der Waals surface area contributed by atoms with Gasteiger partial charge in [-0.25, -0.2) is 4.99 Å². The van der Waals surface area contributed by atoms with Crippen LogP contribution in [0.1, 0.15) is 105 Å². The first-order valence-electron chi connectivity index (χ1n) is 14.0. The van der Waals surface area contributed by atoms with E-state index in [9.17, 15) is 4.79 Å². The van der Waals surface area contributed by atoms with Crippen LogP contribution in [0.2, 0.25) is 10.0 Å². The van der Waals surface area contributed by atoms with Crippen molar-refractivity contribution in [2.75, 3.05) is 13.6 Å². The highest BCUT2D eigenvalue weighted by atomic mass is 35.5. The summed E-state index contributed by atoms with van der Waals surface area (Å²) < 4.78 is 0. The maximum absolute atomic E-state index is 10.7. The topological polar surface area (TPSA) is 67.5 Å². The highest BCUT2D eigenvalue weighted by Gasteiger charge is 2.27. The largest absolute Gasteiger partial charge is 0.370 e. The van der Waals surface area contributed by atoms with Gasteiger partial charge in [0.25, 0.3) is 0 Å². The van der Waals surface area contributed by atoms with Gasteiger partial charge in [0.05, 0.1) is 10.0 Å². The molecular formula is C31H51Cl2N3OS. The molecule has 1 aromatic carbocycles. The van der Waals surface area contributed by atoms with Gasteiger partial charge >= 0.3 is 0 Å². The van der Waals surface area contributed by atoms with Crippen LogP contribution >= 0.6 is 35.0 Å². The molecule has 4 nitrogen and oxygen atoms in total. The number of aliphatic imine (C=N–C) groups is 1. The Morgan fingerprint density at radius 2 is 1.76 bits per heavy atom. The number of amides is 1. The fourth-order valence-electron chi connectivity index (χ4n) is 4.22. The van der Waals surface area contributed by atoms with Gasteiger partial charge < -0.3 is 11.1 Å². The Labute approximate surface area is 247 Å². The van der Waals surface area contributed by atoms with E-state index in [-0.39, 0.29) is 5.91 Å². The van der Waals surface area contributed by atoms with Crippen LogP contribution in [0.25, 0.3) is 0 Å². The van der Waals surface area contributed by atoms with Crippen LogP contribution in [0.5, 0.6) is 0 Å². The first-order valence-corrected chi connectivity index (χ1v) is 15.6. The highest BCUT2D eigenvalue weighted by molar-refractivity contribution is 8.14. The molecule has 1 aromatic rings. The Hall–Kier alpha value is -1.27. The predicted molar refractivity (Wildman–Crippen MR) is 172 cm³/mol. The SMILES string of the molecule is C=C(C)C(=N/C=C(/C)CC)Sc1cccc(Cl)c1Cl.CCCCC(CCC)(CCCCCC(N)=O)CNC. The van der Waals surface area contributed by atoms with Gasteiger partial charge in [0.2, 0.25) is 5.91 Å². The number of nitrogens with two attached hydrogens (primary N) is 1. The number of nitrogens with one attached hydrogen (secondary N) is 1. The molecule has 0 radical (unpaired) electrons. The number of unbranched alkanes of at least 4 members (excludes halogenated alkanes) is 3. The van der Waals surface area contributed by atoms with Gasteiger partial charge in [-0.1, -0.05) is 106 Å². The standard InChI is InChI=1S/C16H34N2O.C15H17Cl2NS/c1-4-6-12-16(11-5-2,14-18-3)13-9-7-8-10-15(17)19;1-5-11(4)9-18-15(10(2)3)19-13-8-6-7-12(16)14(13)17/h18H,4-14H2,1-3H3,(H2,17,19);6-9H,2,5H2,1,3-4H3/b;11-9-,18-15?. The van der Waals surface area contributed by atoms with Crippen LogP contribution in [0, 0.1) is 5.41 Å². The van der Waals surface area contributed by atoms with E-state index in [4.69, 9.17) is 28.9 Å². The van der Waals surface area contributed by atoms with E-state index in [2.05, 4.69) is 51.6 Å². The number of primary amides is 1. The van der Waals surface area contributed by atoms with E-state index in [0.29, 0.717) is 21.9 Å². The van der Waals surface area contributed by atoms with E-state index >= 15 is 0 Å². The van der Waals surface area contributed by atoms with Gasteiger partial charge in [-0.3, -0.25) is 4.79 Å². The first kappa shape index (κ1) is 36.7. The molecular weight excluding hydrogens is 533 g/mol. The van der Waals surface area contributed by atoms with Gasteiger partial charge in [-0.2, -0.15) is 0 Å². The fraction of sp³-hybridized carbons (Fsp3) is 0.613. The third-order valence-corrected chi connectivity index (χ3v) is 8.61. The molecule has 0 saturated carbocycles. The van der Waals surface area contributed by atoms with Crippen LogP contribution in [-0.4, -0.2) is 24.5 Å². The Morgan fingerprint density at radius 1 is 1.08 bits per heavy atom. The lowest BCUT2D eigenvalue weighted by Crippen LogP contribution is -2.32. The van der Waals surface area contributed by atoms with Crippen molar-refractivity contribution in [2.24, 2.45) is 16.1 Å². The minimum atomic E-state index is -0.166. The summed E-state index contributed by atoms with van der Waals surface area (Å²) in [6, 6.07) is 5.57. The average Bonchev–Trinajstić information content (AvgIpc) is 2.87. The minimum absolute atomic E-state index is 0.166. The lowest BCUT2D eigenvalue weighted by atomic mass is 9.74. The van der Waals surface area contributed by atoms with Crippen LogP contribution in [0.3, 0.4) is 0 Å². The van der Waals surface area contributed by atoms with E-state index in [0.717, 1.165) is 41.3 Å². The molecule has 0 aromatic heterocycles. The molecule has 0 fully saturated rings. The molecule has 216 valence electrons. The Morgan fingerprint density at radius 3 is 2.32 bits per heavy atom. The number of nitrogens with zero attached hydrogens (tertiary/aromatic N) is 1. The quantitative estimate of drug-likeness (QED) is 0.0829. The number of carbonyl (C=O) groups is 1. The zero-order valence-corrected chi connectivity index (χ0v) is 26.9. The summed E-state index contributed by atoms with van der Waals surface area (Å²) in [6.07, 6.45) is 14.5. The summed E-state index contributed by atoms with van der Waals surface area (Å²) in [4.78, 5) is 16.1. The van der Waals surface area contributed by atoms with Gasteiger partial charge in [0.15, 0.2) is 0 Å². The van der Waals surface area contributed by atoms with Crippen molar-refractivity contribution >= 4 is 45.9 Å². The number of allylic oxidation sites excluding steroid dienone is 1. The summed E-state index contributed by atoms with van der Waals surface area (Å²) in [5, 5.41) is 5.34. The van der Waals surface area contributed by atoms with Gasteiger partial charge in [-0.05, 0) is 76.1 Å². The molecule has 0 bridgehead atoms. The molecule has 0 saturated heterocycles. The molecule has 0 aliphatic rings. The number of rotatable bonds is 17. The van der Waals surface area contributed by atoms with Crippen molar-refractivity contribution in [3.8, 4) is 0 Å². The number of thioether (sulfide) groups is 1. The van der Waals surface area contributed by atoms with Gasteiger partial charge in [-0.15, -0.1) is 0 Å². The Kier molecular flexibility index (Phi) is 20.8. The monoisotopic (exact) mass is 583 g/mol. The number of benzene rings is 1. The summed E-state index contributed by atoms with van der Waals surface area (Å²) >= 11 is 13.7. The van der Waals surface area contributed by atoms with Crippen molar-refractivity contribution in [1.29, 1.82) is 0 Å². The summed E-state index contributed by atoms with van der Waals surface area (Å²) in [7, 11) is 2.06. The molecule has 1 unspecified atom stereocenters. The molecule has 0 heterocycles. The normalized spacial score (nSPS) is 13.5. The molecule has 7 heteroatoms. The summed E-state index contributed by atoms with van der Waals surface area (Å²) in [5.74, 6) is -0.166. The fourth-order valence-corrected chi connectivity index (χ4v) is 5.53. The smallest absolute Gasteiger partial charge is 0.217 e. The minimum Gasteiger partial charge on any atom is -0.370 e. The molecule has 0 aliphatic carbocycles. The summed E-state index contributed by atoms with van der Waals surface area (Å²) in [6.45, 7) is 15.7. The van der Waals surface area contributed by atoms with E-state index in [1.807, 2.05) is 25.3 Å². The third-order valence-electron chi connectivity index (χ3n) is 6.47. The maximum atomic E-state index is 10.7. The zero-order chi connectivity index (χ0) is 29.0. The van der Waals surface area contributed by atoms with E-state index < -0.39 is 0 Å². The van der Waals surface area contributed by atoms with Crippen LogP contribution in [-0.2, 0) is 4.79 Å². The first-order chi connectivity index (χ1) is 18.1. The molecule has 3 N–H and O–H groups in total. The van der Waals surface area contributed by atoms with Crippen molar-refractivity contribution in [3.63, 3.8) is 0 Å². The second-order valence-corrected chi connectivity index (χ2v) is 11.9. The van der Waals surface area contributed by atoms with Gasteiger partial charge in [0.1, 0.15) is 5.04 Å². The van der Waals surface area contributed by atoms with E-state index in [1.54, 1.807) is 6.07 Å². The third kappa shape index (κ3) is 16.0. The Balaban J connectivity index is 0.000000721. The highest BCUT2D eigenvalue weighted by Crippen LogP contribution is 2.36. The van der Waals surface area contributed by atoms with E-state index in [1.165, 1.54) is 62.3 Å². The second kappa shape index (κ2) is 21.5. The van der Waals surface area contributed by atoms with Crippen LogP contribution in [0.15, 0.2) is 52.0 Å². The van der Waals surface area contributed by atoms with Crippen molar-refractivity contribution in [3.05, 3.63) is 52.2 Å². The summed E-state index contributed by atoms with van der Waals surface area (Å²) in [5.41, 5.74) is 7.76. The lowest BCUT2D eigenvalue weighted by molar-refractivity contribution is -0.118. The number of halogens is 2. The average molecular weight is 585 g/mol. The van der Waals surface area contributed by atoms with Crippen molar-refractivity contribution in [2.45, 2.75) is 110 Å². The van der Waals surface area contributed by atoms with Crippen LogP contribution < -0.4 is 11.1 Å². The number of carbonyl (C=O) groups excluding carboxylic acids is 1. The lowest BCUT2D eigenvalue weighted by Gasteiger charge is -2.34. The van der Waals surface area contributed by atoms with Crippen molar-refractivity contribution in [1.82, 2.24) is 5.32 Å².